The summed E-state index contributed by atoms with van der Waals surface area (Å²) >= 11 is 0. The van der Waals surface area contributed by atoms with Gasteiger partial charge in [-0.3, -0.25) is 4.79 Å². The first-order valence-electron chi connectivity index (χ1n) is 9.23. The molecule has 0 aromatic heterocycles. The molecular weight excluding hydrogens is 358 g/mol. The van der Waals surface area contributed by atoms with Crippen LogP contribution >= 0.6 is 0 Å². The van der Waals surface area contributed by atoms with Gasteiger partial charge in [0.1, 0.15) is 13.2 Å². The normalized spacial score (nSPS) is 12.7. The molecule has 0 fully saturated rings. The summed E-state index contributed by atoms with van der Waals surface area (Å²) in [5, 5.41) is 0. The zero-order valence-electron chi connectivity index (χ0n) is 16.4. The third-order valence-electron chi connectivity index (χ3n) is 4.31. The number of benzene rings is 2. The lowest BCUT2D eigenvalue weighted by Gasteiger charge is -2.20. The SMILES string of the molecule is CCOc1cc(/C=C/C(=O)N(C)Cc2ccc3c(c2)OCCO3)ccc1OC. The van der Waals surface area contributed by atoms with Crippen LogP contribution in [0.4, 0.5) is 0 Å². The van der Waals surface area contributed by atoms with Gasteiger partial charge in [0.2, 0.25) is 5.91 Å². The van der Waals surface area contributed by atoms with E-state index in [4.69, 9.17) is 18.9 Å². The molecular formula is C22H25NO5. The van der Waals surface area contributed by atoms with Crippen molar-refractivity contribution in [2.45, 2.75) is 13.5 Å². The molecule has 6 nitrogen and oxygen atoms in total. The van der Waals surface area contributed by atoms with E-state index in [1.165, 1.54) is 0 Å². The molecule has 1 amide bonds. The van der Waals surface area contributed by atoms with Gasteiger partial charge in [0.15, 0.2) is 23.0 Å². The monoisotopic (exact) mass is 383 g/mol. The fourth-order valence-corrected chi connectivity index (χ4v) is 2.90. The summed E-state index contributed by atoms with van der Waals surface area (Å²) in [7, 11) is 3.37. The van der Waals surface area contributed by atoms with E-state index >= 15 is 0 Å². The van der Waals surface area contributed by atoms with Crippen molar-refractivity contribution in [2.75, 3.05) is 34.0 Å². The lowest BCUT2D eigenvalue weighted by molar-refractivity contribution is -0.125. The summed E-state index contributed by atoms with van der Waals surface area (Å²) in [4.78, 5) is 14.1. The Morgan fingerprint density at radius 1 is 1.11 bits per heavy atom. The third kappa shape index (κ3) is 4.76. The smallest absolute Gasteiger partial charge is 0.246 e. The van der Waals surface area contributed by atoms with Gasteiger partial charge in [0, 0.05) is 19.7 Å². The Hall–Kier alpha value is -3.15. The van der Waals surface area contributed by atoms with E-state index in [9.17, 15) is 4.79 Å². The fraction of sp³-hybridized carbons (Fsp3) is 0.318. The molecule has 0 radical (unpaired) electrons. The maximum Gasteiger partial charge on any atom is 0.246 e. The van der Waals surface area contributed by atoms with Crippen LogP contribution in [0.3, 0.4) is 0 Å². The van der Waals surface area contributed by atoms with Crippen LogP contribution in [0.5, 0.6) is 23.0 Å². The van der Waals surface area contributed by atoms with Crippen molar-refractivity contribution in [3.63, 3.8) is 0 Å². The summed E-state index contributed by atoms with van der Waals surface area (Å²) < 4.78 is 22.0. The maximum absolute atomic E-state index is 12.5. The molecule has 1 heterocycles. The average Bonchev–Trinajstić information content (AvgIpc) is 2.72. The van der Waals surface area contributed by atoms with E-state index in [1.54, 1.807) is 31.2 Å². The predicted molar refractivity (Wildman–Crippen MR) is 107 cm³/mol. The van der Waals surface area contributed by atoms with E-state index in [1.807, 2.05) is 43.3 Å². The van der Waals surface area contributed by atoms with Crippen molar-refractivity contribution in [1.29, 1.82) is 0 Å². The number of carbonyl (C=O) groups is 1. The van der Waals surface area contributed by atoms with Crippen molar-refractivity contribution in [3.05, 3.63) is 53.6 Å². The average molecular weight is 383 g/mol. The van der Waals surface area contributed by atoms with Crippen molar-refractivity contribution < 1.29 is 23.7 Å². The first-order valence-corrected chi connectivity index (χ1v) is 9.23. The van der Waals surface area contributed by atoms with Crippen LogP contribution in [0.25, 0.3) is 6.08 Å². The Balaban J connectivity index is 1.64. The molecule has 0 aliphatic carbocycles. The van der Waals surface area contributed by atoms with Crippen LogP contribution in [0.2, 0.25) is 0 Å². The van der Waals surface area contributed by atoms with Gasteiger partial charge < -0.3 is 23.8 Å². The van der Waals surface area contributed by atoms with Gasteiger partial charge in [-0.2, -0.15) is 0 Å². The van der Waals surface area contributed by atoms with E-state index in [0.717, 1.165) is 22.6 Å². The maximum atomic E-state index is 12.5. The zero-order valence-corrected chi connectivity index (χ0v) is 16.4. The second kappa shape index (κ2) is 9.17. The number of hydrogen-bond acceptors (Lipinski definition) is 5. The number of ether oxygens (including phenoxy) is 4. The Kier molecular flexibility index (Phi) is 6.42. The van der Waals surface area contributed by atoms with E-state index < -0.39 is 0 Å². The second-order valence-corrected chi connectivity index (χ2v) is 6.35. The summed E-state index contributed by atoms with van der Waals surface area (Å²) in [5.41, 5.74) is 1.85. The minimum Gasteiger partial charge on any atom is -0.493 e. The molecule has 1 aliphatic heterocycles. The number of carbonyl (C=O) groups excluding carboxylic acids is 1. The molecule has 148 valence electrons. The number of amides is 1. The van der Waals surface area contributed by atoms with E-state index in [2.05, 4.69) is 0 Å². The molecule has 1 aliphatic rings. The van der Waals surface area contributed by atoms with Crippen LogP contribution in [0.15, 0.2) is 42.5 Å². The van der Waals surface area contributed by atoms with Crippen LogP contribution in [-0.2, 0) is 11.3 Å². The summed E-state index contributed by atoms with van der Waals surface area (Å²) in [6.45, 7) is 4.04. The number of likely N-dealkylation sites (N-methyl/N-ethyl adjacent to an activating group) is 1. The molecule has 2 aromatic carbocycles. The first kappa shape index (κ1) is 19.6. The topological polar surface area (TPSA) is 57.2 Å². The van der Waals surface area contributed by atoms with Crippen molar-refractivity contribution in [2.24, 2.45) is 0 Å². The van der Waals surface area contributed by atoms with Gasteiger partial charge in [0.25, 0.3) is 0 Å². The van der Waals surface area contributed by atoms with Gasteiger partial charge in [0.05, 0.1) is 13.7 Å². The van der Waals surface area contributed by atoms with Gasteiger partial charge >= 0.3 is 0 Å². The lowest BCUT2D eigenvalue weighted by atomic mass is 10.1. The molecule has 0 saturated heterocycles. The highest BCUT2D eigenvalue weighted by Crippen LogP contribution is 2.31. The molecule has 0 bridgehead atoms. The minimum atomic E-state index is -0.0938. The number of nitrogens with zero attached hydrogens (tertiary/aromatic N) is 1. The van der Waals surface area contributed by atoms with Gasteiger partial charge in [-0.15, -0.1) is 0 Å². The standard InChI is InChI=1S/C22H25NO5/c1-4-26-20-13-16(5-8-18(20)25-3)7-10-22(24)23(2)15-17-6-9-19-21(14-17)28-12-11-27-19/h5-10,13-14H,4,11-12,15H2,1-3H3/b10-7+. The highest BCUT2D eigenvalue weighted by molar-refractivity contribution is 5.91. The Labute approximate surface area is 165 Å². The number of fused-ring (bicyclic) bond motifs is 1. The van der Waals surface area contributed by atoms with E-state index in [-0.39, 0.29) is 5.91 Å². The third-order valence-corrected chi connectivity index (χ3v) is 4.31. The highest BCUT2D eigenvalue weighted by Gasteiger charge is 2.13. The number of hydrogen-bond donors (Lipinski definition) is 0. The van der Waals surface area contributed by atoms with Crippen molar-refractivity contribution in [3.8, 4) is 23.0 Å². The molecule has 0 N–H and O–H groups in total. The van der Waals surface area contributed by atoms with Gasteiger partial charge in [-0.25, -0.2) is 0 Å². The largest absolute Gasteiger partial charge is 0.493 e. The van der Waals surface area contributed by atoms with Gasteiger partial charge in [-0.1, -0.05) is 12.1 Å². The van der Waals surface area contributed by atoms with Crippen LogP contribution in [-0.4, -0.2) is 44.8 Å². The second-order valence-electron chi connectivity index (χ2n) is 6.35. The summed E-state index contributed by atoms with van der Waals surface area (Å²) in [6.07, 6.45) is 3.32. The molecule has 28 heavy (non-hydrogen) atoms. The van der Waals surface area contributed by atoms with Crippen molar-refractivity contribution in [1.82, 2.24) is 4.90 Å². The van der Waals surface area contributed by atoms with Crippen LogP contribution in [0.1, 0.15) is 18.1 Å². The van der Waals surface area contributed by atoms with E-state index in [0.29, 0.717) is 37.9 Å². The van der Waals surface area contributed by atoms with Gasteiger partial charge in [-0.05, 0) is 48.4 Å². The lowest BCUT2D eigenvalue weighted by Crippen LogP contribution is -2.24. The minimum absolute atomic E-state index is 0.0938. The Bertz CT molecular complexity index is 862. The quantitative estimate of drug-likeness (QED) is 0.685. The van der Waals surface area contributed by atoms with Crippen LogP contribution < -0.4 is 18.9 Å². The zero-order chi connectivity index (χ0) is 19.9. The highest BCUT2D eigenvalue weighted by atomic mass is 16.6. The molecule has 0 spiro atoms. The number of rotatable bonds is 7. The molecule has 0 saturated carbocycles. The molecule has 0 unspecified atom stereocenters. The van der Waals surface area contributed by atoms with Crippen LogP contribution in [0, 0.1) is 0 Å². The number of methoxy groups -OCH3 is 1. The predicted octanol–water partition coefficient (Wildman–Crippen LogP) is 3.54. The Morgan fingerprint density at radius 3 is 2.64 bits per heavy atom. The molecule has 2 aromatic rings. The Morgan fingerprint density at radius 2 is 1.89 bits per heavy atom. The fourth-order valence-electron chi connectivity index (χ4n) is 2.90. The molecule has 3 rings (SSSR count). The first-order chi connectivity index (χ1) is 13.6. The molecule has 6 heteroatoms. The molecule has 0 atom stereocenters. The van der Waals surface area contributed by atoms with Crippen molar-refractivity contribution >= 4 is 12.0 Å². The summed E-state index contributed by atoms with van der Waals surface area (Å²) in [6, 6.07) is 11.3. The summed E-state index contributed by atoms with van der Waals surface area (Å²) in [5.74, 6) is 2.70.